The van der Waals surface area contributed by atoms with Crippen LogP contribution in [0.3, 0.4) is 0 Å². The molecule has 0 aliphatic carbocycles. The van der Waals surface area contributed by atoms with Crippen LogP contribution in [0.25, 0.3) is 0 Å². The summed E-state index contributed by atoms with van der Waals surface area (Å²) in [5.74, 6) is 0.477. The standard InChI is InChI=1S/C11H8BrClN4S/c12-6-1-2-8(13)9(5-6)16-11-7(10(14)18)3-4-15-17-11/h1-5H,(H2,14,18)(H,16,17). The smallest absolute Gasteiger partial charge is 0.163 e. The predicted molar refractivity (Wildman–Crippen MR) is 80.4 cm³/mol. The van der Waals surface area contributed by atoms with Crippen LogP contribution in [0.15, 0.2) is 34.9 Å². The Morgan fingerprint density at radius 3 is 2.89 bits per heavy atom. The van der Waals surface area contributed by atoms with E-state index < -0.39 is 0 Å². The number of thiocarbonyl (C=S) groups is 1. The van der Waals surface area contributed by atoms with Crippen LogP contribution in [-0.4, -0.2) is 15.2 Å². The van der Waals surface area contributed by atoms with Gasteiger partial charge in [-0.1, -0.05) is 39.7 Å². The van der Waals surface area contributed by atoms with Crippen molar-refractivity contribution in [2.24, 2.45) is 5.73 Å². The zero-order valence-electron chi connectivity index (χ0n) is 9.02. The number of nitrogens with one attached hydrogen (secondary N) is 1. The quantitative estimate of drug-likeness (QED) is 0.837. The summed E-state index contributed by atoms with van der Waals surface area (Å²) in [4.78, 5) is 0.249. The van der Waals surface area contributed by atoms with Crippen LogP contribution >= 0.6 is 39.7 Å². The lowest BCUT2D eigenvalue weighted by molar-refractivity contribution is 1.03. The average molecular weight is 344 g/mol. The highest BCUT2D eigenvalue weighted by Gasteiger charge is 2.09. The molecule has 0 saturated carbocycles. The first-order chi connectivity index (χ1) is 8.58. The zero-order valence-corrected chi connectivity index (χ0v) is 12.2. The predicted octanol–water partition coefficient (Wildman–Crippen LogP) is 3.27. The van der Waals surface area contributed by atoms with Gasteiger partial charge in [0.1, 0.15) is 4.99 Å². The Morgan fingerprint density at radius 1 is 1.39 bits per heavy atom. The van der Waals surface area contributed by atoms with Gasteiger partial charge in [-0.2, -0.15) is 5.10 Å². The van der Waals surface area contributed by atoms with Gasteiger partial charge < -0.3 is 11.1 Å². The topological polar surface area (TPSA) is 63.8 Å². The Kier molecular flexibility index (Phi) is 4.11. The fourth-order valence-electron chi connectivity index (χ4n) is 1.34. The van der Waals surface area contributed by atoms with E-state index >= 15 is 0 Å². The minimum absolute atomic E-state index is 0.249. The number of anilines is 2. The molecule has 0 unspecified atom stereocenters. The first-order valence-electron chi connectivity index (χ1n) is 4.91. The number of nitrogens with zero attached hydrogens (tertiary/aromatic N) is 2. The first-order valence-corrected chi connectivity index (χ1v) is 6.49. The van der Waals surface area contributed by atoms with Gasteiger partial charge in [-0.15, -0.1) is 5.10 Å². The molecule has 0 aliphatic heterocycles. The van der Waals surface area contributed by atoms with Crippen LogP contribution in [0.4, 0.5) is 11.5 Å². The van der Waals surface area contributed by atoms with Crippen LogP contribution in [0.5, 0.6) is 0 Å². The van der Waals surface area contributed by atoms with E-state index in [9.17, 15) is 0 Å². The Balaban J connectivity index is 2.40. The third-order valence-electron chi connectivity index (χ3n) is 2.17. The molecule has 1 heterocycles. The fraction of sp³-hybridized carbons (Fsp3) is 0. The van der Waals surface area contributed by atoms with E-state index in [0.29, 0.717) is 22.1 Å². The van der Waals surface area contributed by atoms with E-state index in [1.54, 1.807) is 12.1 Å². The molecule has 0 atom stereocenters. The van der Waals surface area contributed by atoms with Crippen molar-refractivity contribution in [1.82, 2.24) is 10.2 Å². The minimum Gasteiger partial charge on any atom is -0.389 e. The molecule has 92 valence electrons. The van der Waals surface area contributed by atoms with E-state index in [-0.39, 0.29) is 4.99 Å². The summed E-state index contributed by atoms with van der Waals surface area (Å²) in [6.45, 7) is 0. The molecule has 0 fully saturated rings. The molecule has 4 nitrogen and oxygen atoms in total. The number of halogens is 2. The van der Waals surface area contributed by atoms with Crippen molar-refractivity contribution in [3.63, 3.8) is 0 Å². The average Bonchev–Trinajstić information content (AvgIpc) is 2.34. The van der Waals surface area contributed by atoms with Gasteiger partial charge in [0.05, 0.1) is 22.5 Å². The van der Waals surface area contributed by atoms with Crippen molar-refractivity contribution in [2.75, 3.05) is 5.32 Å². The Bertz CT molecular complexity index is 605. The van der Waals surface area contributed by atoms with E-state index in [2.05, 4.69) is 31.4 Å². The van der Waals surface area contributed by atoms with Crippen LogP contribution in [0, 0.1) is 0 Å². The molecule has 18 heavy (non-hydrogen) atoms. The minimum atomic E-state index is 0.249. The van der Waals surface area contributed by atoms with E-state index in [0.717, 1.165) is 4.47 Å². The molecule has 1 aromatic carbocycles. The van der Waals surface area contributed by atoms with Crippen molar-refractivity contribution in [3.8, 4) is 0 Å². The number of rotatable bonds is 3. The molecule has 3 N–H and O–H groups in total. The number of aromatic nitrogens is 2. The lowest BCUT2D eigenvalue weighted by atomic mass is 10.2. The summed E-state index contributed by atoms with van der Waals surface area (Å²) in [7, 11) is 0. The molecule has 0 bridgehead atoms. The summed E-state index contributed by atoms with van der Waals surface area (Å²) < 4.78 is 0.898. The number of hydrogen-bond donors (Lipinski definition) is 2. The van der Waals surface area contributed by atoms with Gasteiger partial charge in [0.2, 0.25) is 0 Å². The third-order valence-corrected chi connectivity index (χ3v) is 3.21. The van der Waals surface area contributed by atoms with Crippen molar-refractivity contribution in [2.45, 2.75) is 0 Å². The fourth-order valence-corrected chi connectivity index (χ4v) is 2.03. The van der Waals surface area contributed by atoms with E-state index in [4.69, 9.17) is 29.6 Å². The molecule has 0 aliphatic rings. The molecule has 0 saturated heterocycles. The highest BCUT2D eigenvalue weighted by atomic mass is 79.9. The third kappa shape index (κ3) is 2.95. The highest BCUT2D eigenvalue weighted by molar-refractivity contribution is 9.10. The summed E-state index contributed by atoms with van der Waals surface area (Å²) in [5, 5.41) is 11.4. The summed E-state index contributed by atoms with van der Waals surface area (Å²) in [6.07, 6.45) is 1.53. The molecule has 2 aromatic rings. The number of benzene rings is 1. The maximum absolute atomic E-state index is 6.08. The SMILES string of the molecule is NC(=S)c1ccnnc1Nc1cc(Br)ccc1Cl. The van der Waals surface area contributed by atoms with Gasteiger partial charge >= 0.3 is 0 Å². The second kappa shape index (κ2) is 5.60. The molecule has 1 aromatic heterocycles. The largest absolute Gasteiger partial charge is 0.389 e. The van der Waals surface area contributed by atoms with E-state index in [1.807, 2.05) is 12.1 Å². The molecule has 0 radical (unpaired) electrons. The van der Waals surface area contributed by atoms with Gasteiger partial charge in [-0.3, -0.25) is 0 Å². The van der Waals surface area contributed by atoms with Gasteiger partial charge in [0.25, 0.3) is 0 Å². The normalized spacial score (nSPS) is 10.1. The lowest BCUT2D eigenvalue weighted by Gasteiger charge is -2.10. The van der Waals surface area contributed by atoms with Crippen LogP contribution < -0.4 is 11.1 Å². The maximum atomic E-state index is 6.08. The summed E-state index contributed by atoms with van der Waals surface area (Å²) in [5.41, 5.74) is 6.94. The molecule has 0 amide bonds. The second-order valence-electron chi connectivity index (χ2n) is 3.41. The van der Waals surface area contributed by atoms with Crippen LogP contribution in [0.1, 0.15) is 5.56 Å². The monoisotopic (exact) mass is 342 g/mol. The van der Waals surface area contributed by atoms with Gasteiger partial charge in [-0.05, 0) is 24.3 Å². The van der Waals surface area contributed by atoms with Gasteiger partial charge in [0.15, 0.2) is 5.82 Å². The maximum Gasteiger partial charge on any atom is 0.163 e. The summed E-state index contributed by atoms with van der Waals surface area (Å²) >= 11 is 14.4. The van der Waals surface area contributed by atoms with Crippen molar-refractivity contribution >= 4 is 56.2 Å². The molecule has 0 spiro atoms. The van der Waals surface area contributed by atoms with Gasteiger partial charge in [0, 0.05) is 4.47 Å². The second-order valence-corrected chi connectivity index (χ2v) is 5.17. The number of hydrogen-bond acceptors (Lipinski definition) is 4. The van der Waals surface area contributed by atoms with Crippen molar-refractivity contribution < 1.29 is 0 Å². The van der Waals surface area contributed by atoms with Gasteiger partial charge in [-0.25, -0.2) is 0 Å². The molecule has 2 rings (SSSR count). The van der Waals surface area contributed by atoms with Crippen LogP contribution in [-0.2, 0) is 0 Å². The molecule has 7 heteroatoms. The first kappa shape index (κ1) is 13.2. The Hall–Kier alpha value is -1.24. The molecular formula is C11H8BrClN4S. The zero-order chi connectivity index (χ0) is 13.1. The summed E-state index contributed by atoms with van der Waals surface area (Å²) in [6, 6.07) is 7.15. The Labute approximate surface area is 123 Å². The van der Waals surface area contributed by atoms with E-state index in [1.165, 1.54) is 6.20 Å². The number of nitrogens with two attached hydrogens (primary N) is 1. The van der Waals surface area contributed by atoms with Crippen LogP contribution in [0.2, 0.25) is 5.02 Å². The molecular weight excluding hydrogens is 336 g/mol. The highest BCUT2D eigenvalue weighted by Crippen LogP contribution is 2.28. The lowest BCUT2D eigenvalue weighted by Crippen LogP contribution is -2.13. The Morgan fingerprint density at radius 2 is 2.17 bits per heavy atom. The van der Waals surface area contributed by atoms with Crippen molar-refractivity contribution in [3.05, 3.63) is 45.5 Å². The van der Waals surface area contributed by atoms with Crippen molar-refractivity contribution in [1.29, 1.82) is 0 Å².